The van der Waals surface area contributed by atoms with E-state index in [9.17, 15) is 81.9 Å². The van der Waals surface area contributed by atoms with Crippen LogP contribution in [0.15, 0.2) is 97.9 Å². The molecule has 16 heterocycles. The molecule has 9 aromatic heterocycles. The number of nitrogens with one attached hydrogen (secondary N) is 5. The summed E-state index contributed by atoms with van der Waals surface area (Å²) < 4.78 is 150. The Morgan fingerprint density at radius 3 is 1.00 bits per heavy atom. The number of aromatic nitrogens is 18. The van der Waals surface area contributed by atoms with Crippen LogP contribution in [-0.2, 0) is 172 Å². The van der Waals surface area contributed by atoms with Gasteiger partial charge in [-0.1, -0.05) is 19.2 Å². The maximum Gasteiger partial charge on any atom is 0.386 e. The van der Waals surface area contributed by atoms with E-state index in [4.69, 9.17) is 185 Å². The maximum atomic E-state index is 14.9. The Morgan fingerprint density at radius 2 is 0.655 bits per heavy atom. The summed E-state index contributed by atoms with van der Waals surface area (Å²) in [6.45, 7) is -27.5. The van der Waals surface area contributed by atoms with E-state index >= 15 is 0 Å². The minimum atomic E-state index is -4.82. The van der Waals surface area contributed by atoms with Gasteiger partial charge in [0.05, 0.1) is 95.0 Å². The highest BCUT2D eigenvalue weighted by molar-refractivity contribution is 8.44. The van der Waals surface area contributed by atoms with Gasteiger partial charge in [-0.3, -0.25) is 89.9 Å². The van der Waals surface area contributed by atoms with Crippen LogP contribution in [0.3, 0.4) is 0 Å². The number of imidazole rings is 2. The van der Waals surface area contributed by atoms with Crippen molar-refractivity contribution in [2.45, 2.75) is 222 Å². The van der Waals surface area contributed by atoms with Gasteiger partial charge in [0.15, 0.2) is 22.6 Å². The first-order chi connectivity index (χ1) is 68.2. The average Bonchev–Trinajstić information content (AvgIpc) is 1.67. The number of nitrogens with two attached hydrogens (primary N) is 3. The van der Waals surface area contributed by atoms with Gasteiger partial charge in [0.1, 0.15) is 104 Å². The Kier molecular flexibility index (Phi) is 34.1. The molecule has 0 bridgehead atoms. The lowest BCUT2D eigenvalue weighted by atomic mass is 10.1. The number of thiol groups is 1. The molecule has 7 saturated heterocycles. The Hall–Kier alpha value is -6.70. The van der Waals surface area contributed by atoms with Crippen molar-refractivity contribution >= 4 is 170 Å². The molecule has 145 heavy (non-hydrogen) atoms. The minimum absolute atomic E-state index is 0.0268. The third-order valence-corrected chi connectivity index (χ3v) is 35.2. The summed E-state index contributed by atoms with van der Waals surface area (Å²) in [5.41, 5.74) is 11.0. The highest BCUT2D eigenvalue weighted by atomic mass is 32.7. The monoisotopic (exact) mass is 2300 g/mol. The van der Waals surface area contributed by atoms with Crippen LogP contribution < -0.4 is 73.4 Å². The molecule has 7 fully saturated rings. The van der Waals surface area contributed by atoms with E-state index in [1.807, 2.05) is 0 Å². The Labute approximate surface area is 849 Å². The predicted octanol–water partition coefficient (Wildman–Crippen LogP) is 0.910. The van der Waals surface area contributed by atoms with Crippen molar-refractivity contribution in [3.63, 3.8) is 0 Å². The second-order valence-electron chi connectivity index (χ2n) is 34.0. The molecule has 0 amide bonds. The van der Waals surface area contributed by atoms with E-state index in [0.717, 1.165) is 31.7 Å². The number of fused-ring (bicyclic) bond motifs is 2. The molecule has 7 aliphatic heterocycles. The Bertz CT molecular complexity index is 7460. The predicted molar refractivity (Wildman–Crippen MR) is 527 cm³/mol. The van der Waals surface area contributed by atoms with Gasteiger partial charge in [-0.25, -0.2) is 48.5 Å². The van der Waals surface area contributed by atoms with Crippen molar-refractivity contribution in [1.29, 1.82) is 0 Å². The molecule has 17 N–H and O–H groups in total. The largest absolute Gasteiger partial charge is 0.386 e. The van der Waals surface area contributed by atoms with E-state index < -0.39 is 278 Å². The summed E-state index contributed by atoms with van der Waals surface area (Å²) in [7, 11) is 1.09. The van der Waals surface area contributed by atoms with Crippen LogP contribution >= 0.6 is 59.4 Å². The molecule has 0 saturated carbocycles. The Balaban J connectivity index is 0.609. The molecular formula is C72H96N21O38P7S7. The van der Waals surface area contributed by atoms with Gasteiger partial charge in [0, 0.05) is 111 Å². The summed E-state index contributed by atoms with van der Waals surface area (Å²) in [6.07, 6.45) is -19.3. The number of nitrogen functional groups attached to an aromatic ring is 3. The van der Waals surface area contributed by atoms with Crippen molar-refractivity contribution in [1.82, 2.24) is 86.8 Å². The van der Waals surface area contributed by atoms with Crippen LogP contribution in [0, 0.1) is 34.6 Å². The van der Waals surface area contributed by atoms with Gasteiger partial charge >= 0.3 is 75.6 Å². The fourth-order valence-electron chi connectivity index (χ4n) is 16.8. The second-order valence-corrected chi connectivity index (χ2v) is 53.7. The molecule has 0 aromatic carbocycles. The number of rotatable bonds is 41. The SMILES string of the molecule is CC[C@H]1O[C@@H](n2cc(C)c(=O)[nH]c2=O)CC1OP(O)(=S)OC[C@H]1O[C@@H](n2cnc3c(=O)[nH]c(N)nc32)CC1OP(=O)(S)OC[C@H]1O[C@@H](n2cc(C)c(=O)[nH]c2=O)CC1OP(O)(=S)OC[C@H]1O[C@@H](n2cc(C)c(N)nc2=O)CC1OP(O)(=S)OC[C@H]1O[C@@H](n2cnc3c(N)ncnc32)CC1OP(O)(=S)OC[C@H]1O[C@@H](n2cc(C)c(=O)[nH]c2=O)CC1OP(O)(=S)OC[C@H]1O[C@@H](n2cc(C)c(=O)[nH]c2=O)CC1OP(O)(=S)OC. The summed E-state index contributed by atoms with van der Waals surface area (Å²) in [6, 6.07) is 0. The first-order valence-corrected chi connectivity index (χ1v) is 61.8. The number of ether oxygens (including phenoxy) is 7. The normalized spacial score (nSPS) is 29.5. The van der Waals surface area contributed by atoms with E-state index in [0.29, 0.717) is 12.0 Å². The van der Waals surface area contributed by atoms with Crippen LogP contribution in [0.25, 0.3) is 22.3 Å². The molecule has 73 heteroatoms. The van der Waals surface area contributed by atoms with Crippen molar-refractivity contribution < 1.29 is 130 Å². The first kappa shape index (κ1) is 111. The van der Waals surface area contributed by atoms with Crippen molar-refractivity contribution in [3.05, 3.63) is 182 Å². The lowest BCUT2D eigenvalue weighted by Crippen LogP contribution is -2.33. The van der Waals surface area contributed by atoms with E-state index in [2.05, 4.69) is 67.1 Å². The summed E-state index contributed by atoms with van der Waals surface area (Å²) in [5, 5.41) is 0. The molecule has 14 unspecified atom stereocenters. The van der Waals surface area contributed by atoms with E-state index in [-0.39, 0.29) is 101 Å². The standard InChI is InChI=1S/C72H96N21O38P7S7/c1-8-35-36(9-49(118-35)88-17-31(3)62(94)83-69(88)100)126-133(105,140)112-26-48-42(15-55(124-48)93-29-79-57-61(93)81-67(75)82-66(57)98)131-138(110,145)116-24-46-40(13-53(122-46)91-20-34(6)65(97)86-72(91)103)129-135(107,142)114-22-44-38(11-50(120-44)87-16-30(2)58(73)80-68(87)99)127-136(108,143)117-25-47-41(14-54(123-47)92-28-78-56-59(74)76-27-77-60(56)92)130-137(109,144)115-23-45-39(12-52(121-45)90-19-33(5)64(96)85-71(90)102)128-134(106,141)113-21-43-37(125-132(104,139)111-7)10-51(119-43)89-18-32(4)63(95)84-70(89)101/h16-20,27-29,35-55H,8-15,21-26H2,1-7H3,(H,104,139)(H,105,140)(H,106,141)(H,107,142)(H,108,143)(H,109,144)(H,110,145)(H2,73,80,99)(H2,74,76,77)(H,83,94,100)(H,84,95,101)(H,85,96,102)(H,86,97,103)(H3,75,81,82,98)/t35-,36?,37?,38?,39?,40?,41?,42?,43-,44-,45-,46-,47-,48-,49-,50-,51-,52-,53-,54-,55-,132?,133?,134?,135?,136?,137?,138?/m1/s1. The van der Waals surface area contributed by atoms with Gasteiger partial charge in [0.25, 0.3) is 27.8 Å². The molecule has 16 rings (SSSR count). The fourth-order valence-corrected chi connectivity index (χ4v) is 26.7. The van der Waals surface area contributed by atoms with Gasteiger partial charge in [-0.05, 0) is 112 Å². The zero-order chi connectivity index (χ0) is 105. The third kappa shape index (κ3) is 26.3. The molecule has 0 aliphatic carbocycles. The molecule has 9 aromatic rings. The van der Waals surface area contributed by atoms with E-state index in [1.54, 1.807) is 6.92 Å². The molecule has 0 spiro atoms. The third-order valence-electron chi connectivity index (χ3n) is 24.0. The van der Waals surface area contributed by atoms with Gasteiger partial charge in [-0.15, -0.1) is 0 Å². The van der Waals surface area contributed by atoms with Crippen molar-refractivity contribution in [3.8, 4) is 0 Å². The number of nitrogens with zero attached hydrogens (tertiary/aromatic N) is 13. The van der Waals surface area contributed by atoms with Crippen LogP contribution in [0.5, 0.6) is 0 Å². The molecule has 0 radical (unpaired) electrons. The molecule has 59 nitrogen and oxygen atoms in total. The summed E-state index contributed by atoms with van der Waals surface area (Å²) in [4.78, 5) is 237. The zero-order valence-electron chi connectivity index (χ0n) is 76.5. The minimum Gasteiger partial charge on any atom is -0.383 e. The van der Waals surface area contributed by atoms with Crippen LogP contribution in [0.4, 0.5) is 17.6 Å². The Morgan fingerprint density at radius 1 is 0.366 bits per heavy atom. The van der Waals surface area contributed by atoms with Crippen LogP contribution in [-0.4, -0.2) is 248 Å². The smallest absolute Gasteiger partial charge is 0.383 e. The maximum absolute atomic E-state index is 14.9. The number of anilines is 3. The lowest BCUT2D eigenvalue weighted by molar-refractivity contribution is -0.0572. The number of hydrogen-bond donors (Lipinski definition) is 15. The van der Waals surface area contributed by atoms with Crippen LogP contribution in [0.1, 0.15) is 130 Å². The summed E-state index contributed by atoms with van der Waals surface area (Å²) >= 11 is 37.6. The number of aromatic amines is 5. The molecule has 28 atom stereocenters. The first-order valence-electron chi connectivity index (χ1n) is 43.5. The van der Waals surface area contributed by atoms with Crippen molar-refractivity contribution in [2.75, 3.05) is 64.0 Å². The van der Waals surface area contributed by atoms with Crippen molar-refractivity contribution in [2.24, 2.45) is 0 Å². The van der Waals surface area contributed by atoms with Gasteiger partial charge in [0.2, 0.25) is 5.95 Å². The average molecular weight is 2300 g/mol. The highest BCUT2D eigenvalue weighted by Crippen LogP contribution is 2.61. The highest BCUT2D eigenvalue weighted by Gasteiger charge is 2.52. The van der Waals surface area contributed by atoms with Crippen LogP contribution in [0.2, 0.25) is 0 Å². The second kappa shape index (κ2) is 44.5. The number of hydrogen-bond acceptors (Lipinski definition) is 47. The van der Waals surface area contributed by atoms with Gasteiger partial charge < -0.3 is 134 Å². The molecular weight excluding hydrogens is 2210 g/mol. The fraction of sp³-hybridized carbons (Fsp3) is 0.583. The summed E-state index contributed by atoms with van der Waals surface area (Å²) in [5.74, 6) is -0.465. The topological polar surface area (TPSA) is 772 Å². The number of H-pyrrole nitrogens is 5. The number of aryl methyl sites for hydroxylation is 5. The lowest BCUT2D eigenvalue weighted by Gasteiger charge is -2.28. The zero-order valence-corrected chi connectivity index (χ0v) is 88.5. The molecule has 7 aliphatic rings. The van der Waals surface area contributed by atoms with Gasteiger partial charge in [-0.2, -0.15) is 9.97 Å². The molecule has 794 valence electrons. The van der Waals surface area contributed by atoms with E-state index in [1.165, 1.54) is 92.0 Å². The quantitative estimate of drug-likeness (QED) is 0.0187.